The van der Waals surface area contributed by atoms with Crippen LogP contribution in [0.3, 0.4) is 0 Å². The third-order valence-electron chi connectivity index (χ3n) is 5.58. The molecule has 9 heteroatoms. The molecule has 170 valence electrons. The Morgan fingerprint density at radius 2 is 1.77 bits per heavy atom. The van der Waals surface area contributed by atoms with E-state index in [0.29, 0.717) is 39.1 Å². The number of thioether (sulfide) groups is 1. The van der Waals surface area contributed by atoms with Crippen LogP contribution in [0.2, 0.25) is 0 Å². The van der Waals surface area contributed by atoms with Crippen LogP contribution in [0.5, 0.6) is 0 Å². The summed E-state index contributed by atoms with van der Waals surface area (Å²) in [5.74, 6) is 5.35. The van der Waals surface area contributed by atoms with Crippen molar-refractivity contribution in [3.63, 3.8) is 0 Å². The standard InChI is InChI=1S/C19H29N3O3S3.C2H6/c1-28(24,19(18(20)23)6-12-25-13-7-19)22-10-8-21(9-11-22)16-2-4-17(5-3-16)27-15-14-26;1-2/h2-5,26H,1,6-15H2,(H2,20,23);1-2H3. The second-order valence-electron chi connectivity index (χ2n) is 7.09. The van der Waals surface area contributed by atoms with Gasteiger partial charge < -0.3 is 15.4 Å². The fraction of sp³-hybridized carbons (Fsp3) is 0.619. The smallest absolute Gasteiger partial charge is 0.237 e. The Balaban J connectivity index is 0.00000155. The maximum atomic E-state index is 13.7. The van der Waals surface area contributed by atoms with E-state index in [4.69, 9.17) is 10.5 Å². The zero-order chi connectivity index (χ0) is 22.2. The molecule has 0 bridgehead atoms. The van der Waals surface area contributed by atoms with Crippen LogP contribution in [-0.2, 0) is 19.2 Å². The number of rotatable bonds is 7. The average molecular weight is 474 g/mol. The summed E-state index contributed by atoms with van der Waals surface area (Å²) in [5, 5.41) is 0. The summed E-state index contributed by atoms with van der Waals surface area (Å²) in [4.78, 5) is 15.8. The summed E-state index contributed by atoms with van der Waals surface area (Å²) in [7, 11) is -2.83. The first-order valence-corrected chi connectivity index (χ1v) is 13.8. The van der Waals surface area contributed by atoms with E-state index in [0.717, 1.165) is 30.3 Å². The predicted molar refractivity (Wildman–Crippen MR) is 133 cm³/mol. The Morgan fingerprint density at radius 1 is 1.20 bits per heavy atom. The fourth-order valence-electron chi connectivity index (χ4n) is 3.83. The van der Waals surface area contributed by atoms with Gasteiger partial charge in [-0.2, -0.15) is 12.6 Å². The van der Waals surface area contributed by atoms with Crippen molar-refractivity contribution in [2.75, 3.05) is 55.8 Å². The van der Waals surface area contributed by atoms with Gasteiger partial charge in [0.1, 0.15) is 4.75 Å². The van der Waals surface area contributed by atoms with Gasteiger partial charge in [-0.1, -0.05) is 13.8 Å². The van der Waals surface area contributed by atoms with Crippen molar-refractivity contribution in [2.45, 2.75) is 36.3 Å². The number of thiol groups is 1. The zero-order valence-electron chi connectivity index (χ0n) is 18.0. The predicted octanol–water partition coefficient (Wildman–Crippen LogP) is 2.52. The minimum absolute atomic E-state index is 0.371. The number of nitrogens with two attached hydrogens (primary N) is 1. The number of anilines is 1. The van der Waals surface area contributed by atoms with E-state index >= 15 is 0 Å². The summed E-state index contributed by atoms with van der Waals surface area (Å²) >= 11 is 6.04. The molecule has 30 heavy (non-hydrogen) atoms. The van der Waals surface area contributed by atoms with Crippen LogP contribution in [0.15, 0.2) is 29.2 Å². The molecule has 1 aromatic rings. The van der Waals surface area contributed by atoms with Crippen molar-refractivity contribution < 1.29 is 13.7 Å². The lowest BCUT2D eigenvalue weighted by Crippen LogP contribution is -2.61. The number of nitrogens with zero attached hydrogens (tertiary/aromatic N) is 2. The van der Waals surface area contributed by atoms with Crippen LogP contribution >= 0.6 is 24.4 Å². The maximum absolute atomic E-state index is 13.7. The largest absolute Gasteiger partial charge is 0.381 e. The molecule has 2 aliphatic rings. The highest BCUT2D eigenvalue weighted by atomic mass is 32.2. The number of ether oxygens (including phenoxy) is 1. The fourth-order valence-corrected chi connectivity index (χ4v) is 7.12. The number of carbonyl (C=O) groups is 1. The first-order chi connectivity index (χ1) is 14.4. The van der Waals surface area contributed by atoms with Gasteiger partial charge >= 0.3 is 0 Å². The van der Waals surface area contributed by atoms with Gasteiger partial charge in [-0.15, -0.1) is 11.8 Å². The van der Waals surface area contributed by atoms with E-state index in [2.05, 4.69) is 47.7 Å². The second-order valence-corrected chi connectivity index (χ2v) is 11.3. The van der Waals surface area contributed by atoms with Gasteiger partial charge in [0.25, 0.3) is 0 Å². The van der Waals surface area contributed by atoms with E-state index in [1.807, 2.05) is 18.2 Å². The molecule has 2 fully saturated rings. The molecule has 2 aliphatic heterocycles. The minimum Gasteiger partial charge on any atom is -0.381 e. The van der Waals surface area contributed by atoms with Crippen molar-refractivity contribution in [3.8, 4) is 0 Å². The van der Waals surface area contributed by atoms with Gasteiger partial charge in [0, 0.05) is 65.4 Å². The quantitative estimate of drug-likeness (QED) is 0.362. The lowest BCUT2D eigenvalue weighted by Gasteiger charge is -2.45. The molecule has 0 saturated carbocycles. The van der Waals surface area contributed by atoms with Gasteiger partial charge in [-0.25, -0.2) is 4.31 Å². The molecule has 0 radical (unpaired) electrons. The molecule has 3 rings (SSSR count). The van der Waals surface area contributed by atoms with Crippen molar-refractivity contribution in [1.82, 2.24) is 4.31 Å². The van der Waals surface area contributed by atoms with E-state index in [-0.39, 0.29) is 0 Å². The molecule has 0 spiro atoms. The lowest BCUT2D eigenvalue weighted by molar-refractivity contribution is -0.122. The Labute approximate surface area is 191 Å². The van der Waals surface area contributed by atoms with Crippen LogP contribution < -0.4 is 10.6 Å². The monoisotopic (exact) mass is 473 g/mol. The molecule has 1 amide bonds. The van der Waals surface area contributed by atoms with Crippen LogP contribution in [0.4, 0.5) is 5.69 Å². The first kappa shape index (κ1) is 25.4. The van der Waals surface area contributed by atoms with Gasteiger partial charge in [0.2, 0.25) is 5.91 Å². The topological polar surface area (TPSA) is 75.9 Å². The molecule has 0 aromatic heterocycles. The van der Waals surface area contributed by atoms with Crippen LogP contribution in [0.1, 0.15) is 26.7 Å². The van der Waals surface area contributed by atoms with Crippen molar-refractivity contribution in [1.29, 1.82) is 0 Å². The van der Waals surface area contributed by atoms with Crippen molar-refractivity contribution in [3.05, 3.63) is 24.3 Å². The third kappa shape index (κ3) is 5.48. The number of amides is 1. The normalized spacial score (nSPS) is 21.2. The first-order valence-electron chi connectivity index (χ1n) is 10.5. The molecule has 0 aliphatic carbocycles. The van der Waals surface area contributed by atoms with E-state index in [1.165, 1.54) is 4.90 Å². The van der Waals surface area contributed by atoms with Gasteiger partial charge in [0.05, 0.1) is 0 Å². The number of hydrogen-bond acceptors (Lipinski definition) is 6. The Bertz CT molecular complexity index is 770. The third-order valence-corrected chi connectivity index (χ3v) is 10.1. The summed E-state index contributed by atoms with van der Waals surface area (Å²) in [6, 6.07) is 8.51. The van der Waals surface area contributed by atoms with Gasteiger partial charge in [-0.05, 0) is 48.7 Å². The second kappa shape index (κ2) is 11.7. The summed E-state index contributed by atoms with van der Waals surface area (Å²) in [5.41, 5.74) is 6.86. The minimum atomic E-state index is -2.83. The zero-order valence-corrected chi connectivity index (χ0v) is 20.6. The van der Waals surface area contributed by atoms with E-state index in [9.17, 15) is 9.00 Å². The molecule has 6 nitrogen and oxygen atoms in total. The number of hydrogen-bond donors (Lipinski definition) is 2. The van der Waals surface area contributed by atoms with E-state index < -0.39 is 20.4 Å². The molecule has 2 N–H and O–H groups in total. The summed E-state index contributed by atoms with van der Waals surface area (Å²) < 4.78 is 19.8. The molecule has 1 atom stereocenters. The Morgan fingerprint density at radius 3 is 2.27 bits per heavy atom. The Kier molecular flexibility index (Phi) is 9.87. The molecule has 2 heterocycles. The van der Waals surface area contributed by atoms with Crippen LogP contribution in [0.25, 0.3) is 0 Å². The lowest BCUT2D eigenvalue weighted by atomic mass is 9.98. The Hall–Kier alpha value is -0.870. The molecule has 1 unspecified atom stereocenters. The SMILES string of the molecule is C=S(=O)(N1CCN(c2ccc(SCCS)cc2)CC1)C1(C(N)=O)CCOCC1.CC. The highest BCUT2D eigenvalue weighted by Gasteiger charge is 2.49. The van der Waals surface area contributed by atoms with Crippen LogP contribution in [0, 0.1) is 0 Å². The molecule has 2 saturated heterocycles. The number of piperazine rings is 1. The number of carbonyl (C=O) groups excluding carboxylic acids is 1. The summed E-state index contributed by atoms with van der Waals surface area (Å²) in [6.45, 7) is 7.45. The molecular weight excluding hydrogens is 438 g/mol. The number of primary amides is 1. The van der Waals surface area contributed by atoms with Gasteiger partial charge in [-0.3, -0.25) is 9.00 Å². The highest BCUT2D eigenvalue weighted by Crippen LogP contribution is 2.33. The van der Waals surface area contributed by atoms with Crippen LogP contribution in [-0.4, -0.2) is 75.9 Å². The number of benzene rings is 1. The maximum Gasteiger partial charge on any atom is 0.237 e. The average Bonchev–Trinajstić information content (AvgIpc) is 2.79. The van der Waals surface area contributed by atoms with Crippen molar-refractivity contribution >= 4 is 51.6 Å². The summed E-state index contributed by atoms with van der Waals surface area (Å²) in [6.07, 6.45) is 0.743. The van der Waals surface area contributed by atoms with E-state index in [1.54, 1.807) is 11.8 Å². The molecule has 1 aromatic carbocycles. The van der Waals surface area contributed by atoms with Gasteiger partial charge in [0.15, 0.2) is 0 Å². The molecular formula is C21H35N3O3S3. The van der Waals surface area contributed by atoms with Crippen molar-refractivity contribution in [2.24, 2.45) is 5.73 Å². The highest BCUT2D eigenvalue weighted by molar-refractivity contribution is 8.00.